The molecule has 3 nitrogen and oxygen atoms in total. The molecule has 0 fully saturated rings. The number of nitrogens with one attached hydrogen (secondary N) is 1. The van der Waals surface area contributed by atoms with Gasteiger partial charge < -0.3 is 9.72 Å². The van der Waals surface area contributed by atoms with Gasteiger partial charge >= 0.3 is 0 Å². The van der Waals surface area contributed by atoms with Crippen LogP contribution in [0.4, 0.5) is 0 Å². The van der Waals surface area contributed by atoms with Crippen LogP contribution < -0.4 is 10.2 Å². The van der Waals surface area contributed by atoms with Gasteiger partial charge in [-0.15, -0.1) is 0 Å². The van der Waals surface area contributed by atoms with Gasteiger partial charge in [0.15, 0.2) is 5.43 Å². The molecule has 2 aromatic rings. The first kappa shape index (κ1) is 9.51. The predicted octanol–water partition coefficient (Wildman–Crippen LogP) is 2.14. The van der Waals surface area contributed by atoms with Crippen LogP contribution in [0.2, 0.25) is 0 Å². The number of benzene rings is 1. The SMILES string of the molecule is COc1ccc2c(=O)cc(I)[nH]c2c1. The number of ether oxygens (including phenoxy) is 1. The lowest BCUT2D eigenvalue weighted by Crippen LogP contribution is -2.02. The molecule has 0 aliphatic rings. The van der Waals surface area contributed by atoms with E-state index in [0.29, 0.717) is 5.39 Å². The van der Waals surface area contributed by atoms with Crippen molar-refractivity contribution in [1.82, 2.24) is 4.98 Å². The van der Waals surface area contributed by atoms with E-state index in [4.69, 9.17) is 4.74 Å². The summed E-state index contributed by atoms with van der Waals surface area (Å²) in [5, 5.41) is 0.686. The van der Waals surface area contributed by atoms with E-state index in [-0.39, 0.29) is 5.43 Å². The van der Waals surface area contributed by atoms with Gasteiger partial charge in [-0.25, -0.2) is 0 Å². The molecule has 1 N–H and O–H groups in total. The fourth-order valence-electron chi connectivity index (χ4n) is 1.33. The molecule has 0 unspecified atom stereocenters. The van der Waals surface area contributed by atoms with Crippen LogP contribution in [-0.2, 0) is 0 Å². The summed E-state index contributed by atoms with van der Waals surface area (Å²) in [6.07, 6.45) is 0. The summed E-state index contributed by atoms with van der Waals surface area (Å²) in [7, 11) is 1.60. The largest absolute Gasteiger partial charge is 0.497 e. The molecule has 72 valence electrons. The van der Waals surface area contributed by atoms with Crippen LogP contribution in [-0.4, -0.2) is 12.1 Å². The molecular formula is C10H8INO2. The van der Waals surface area contributed by atoms with Crippen LogP contribution in [0.25, 0.3) is 10.9 Å². The van der Waals surface area contributed by atoms with E-state index >= 15 is 0 Å². The molecule has 0 amide bonds. The van der Waals surface area contributed by atoms with E-state index in [1.807, 2.05) is 6.07 Å². The van der Waals surface area contributed by atoms with Crippen LogP contribution in [0.5, 0.6) is 5.75 Å². The number of methoxy groups -OCH3 is 1. The number of rotatable bonds is 1. The molecule has 0 aliphatic carbocycles. The van der Waals surface area contributed by atoms with E-state index in [2.05, 4.69) is 27.6 Å². The first-order chi connectivity index (χ1) is 6.70. The lowest BCUT2D eigenvalue weighted by atomic mass is 10.2. The van der Waals surface area contributed by atoms with Gasteiger partial charge in [-0.1, -0.05) is 0 Å². The van der Waals surface area contributed by atoms with Gasteiger partial charge in [0.05, 0.1) is 16.3 Å². The Morgan fingerprint density at radius 2 is 2.14 bits per heavy atom. The number of hydrogen-bond donors (Lipinski definition) is 1. The Balaban J connectivity index is 2.82. The van der Waals surface area contributed by atoms with E-state index in [9.17, 15) is 4.79 Å². The Bertz CT molecular complexity index is 533. The zero-order valence-corrected chi connectivity index (χ0v) is 9.66. The lowest BCUT2D eigenvalue weighted by Gasteiger charge is -2.02. The molecular weight excluding hydrogens is 293 g/mol. The zero-order valence-electron chi connectivity index (χ0n) is 7.50. The minimum Gasteiger partial charge on any atom is -0.497 e. The van der Waals surface area contributed by atoms with Gasteiger partial charge in [0.25, 0.3) is 0 Å². The topological polar surface area (TPSA) is 42.1 Å². The van der Waals surface area contributed by atoms with Crippen LogP contribution in [0.15, 0.2) is 29.1 Å². The molecule has 2 rings (SSSR count). The summed E-state index contributed by atoms with van der Waals surface area (Å²) in [4.78, 5) is 14.6. The van der Waals surface area contributed by atoms with Gasteiger partial charge in [-0.05, 0) is 34.7 Å². The summed E-state index contributed by atoms with van der Waals surface area (Å²) in [6.45, 7) is 0. The molecule has 0 spiro atoms. The molecule has 0 atom stereocenters. The maximum atomic E-state index is 11.5. The second-order valence-electron chi connectivity index (χ2n) is 2.89. The second-order valence-corrected chi connectivity index (χ2v) is 4.06. The maximum Gasteiger partial charge on any atom is 0.190 e. The Morgan fingerprint density at radius 3 is 2.86 bits per heavy atom. The zero-order chi connectivity index (χ0) is 10.1. The van der Waals surface area contributed by atoms with E-state index in [0.717, 1.165) is 15.0 Å². The maximum absolute atomic E-state index is 11.5. The molecule has 0 aliphatic heterocycles. The van der Waals surface area contributed by atoms with Gasteiger partial charge in [0, 0.05) is 17.5 Å². The molecule has 0 saturated heterocycles. The highest BCUT2D eigenvalue weighted by Crippen LogP contribution is 2.17. The molecule has 1 aromatic heterocycles. The number of aromatic nitrogens is 1. The third-order valence-corrected chi connectivity index (χ3v) is 2.59. The van der Waals surface area contributed by atoms with Gasteiger partial charge in [0.1, 0.15) is 5.75 Å². The van der Waals surface area contributed by atoms with Crippen molar-refractivity contribution in [3.05, 3.63) is 38.2 Å². The number of halogens is 1. The molecule has 0 saturated carbocycles. The Kier molecular flexibility index (Phi) is 2.45. The van der Waals surface area contributed by atoms with Gasteiger partial charge in [-0.2, -0.15) is 0 Å². The van der Waals surface area contributed by atoms with Crippen LogP contribution in [0.3, 0.4) is 0 Å². The third-order valence-electron chi connectivity index (χ3n) is 2.00. The number of pyridine rings is 1. The van der Waals surface area contributed by atoms with E-state index < -0.39 is 0 Å². The number of hydrogen-bond acceptors (Lipinski definition) is 2. The highest BCUT2D eigenvalue weighted by Gasteiger charge is 2.01. The number of H-pyrrole nitrogens is 1. The normalized spacial score (nSPS) is 10.4. The van der Waals surface area contributed by atoms with Crippen molar-refractivity contribution >= 4 is 33.5 Å². The standard InChI is InChI=1S/C10H8INO2/c1-14-6-2-3-7-8(4-6)12-10(11)5-9(7)13/h2-5H,1H3,(H,12,13). The first-order valence-electron chi connectivity index (χ1n) is 4.07. The number of aromatic amines is 1. The minimum absolute atomic E-state index is 0.0332. The highest BCUT2D eigenvalue weighted by atomic mass is 127. The summed E-state index contributed by atoms with van der Waals surface area (Å²) in [6, 6.07) is 6.95. The van der Waals surface area contributed by atoms with Crippen molar-refractivity contribution in [1.29, 1.82) is 0 Å². The van der Waals surface area contributed by atoms with Crippen LogP contribution >= 0.6 is 22.6 Å². The Hall–Kier alpha value is -1.04. The molecule has 0 radical (unpaired) electrons. The minimum atomic E-state index is 0.0332. The molecule has 14 heavy (non-hydrogen) atoms. The highest BCUT2D eigenvalue weighted by molar-refractivity contribution is 14.1. The monoisotopic (exact) mass is 301 g/mol. The van der Waals surface area contributed by atoms with Gasteiger partial charge in [-0.3, -0.25) is 4.79 Å². The first-order valence-corrected chi connectivity index (χ1v) is 5.15. The lowest BCUT2D eigenvalue weighted by molar-refractivity contribution is 0.415. The average molecular weight is 301 g/mol. The quantitative estimate of drug-likeness (QED) is 0.648. The van der Waals surface area contributed by atoms with Crippen molar-refractivity contribution in [2.75, 3.05) is 7.11 Å². The summed E-state index contributed by atoms with van der Waals surface area (Å²) < 4.78 is 5.90. The fourth-order valence-corrected chi connectivity index (χ4v) is 1.90. The Morgan fingerprint density at radius 1 is 1.36 bits per heavy atom. The average Bonchev–Trinajstić information content (AvgIpc) is 2.16. The molecule has 1 heterocycles. The molecule has 4 heteroatoms. The smallest absolute Gasteiger partial charge is 0.190 e. The second kappa shape index (κ2) is 3.61. The van der Waals surface area contributed by atoms with Crippen molar-refractivity contribution in [2.45, 2.75) is 0 Å². The summed E-state index contributed by atoms with van der Waals surface area (Å²) >= 11 is 2.08. The number of fused-ring (bicyclic) bond motifs is 1. The Labute approximate surface area is 94.2 Å². The van der Waals surface area contributed by atoms with Crippen molar-refractivity contribution in [3.8, 4) is 5.75 Å². The van der Waals surface area contributed by atoms with Crippen molar-refractivity contribution in [2.24, 2.45) is 0 Å². The fraction of sp³-hybridized carbons (Fsp3) is 0.100. The predicted molar refractivity (Wildman–Crippen MR) is 63.8 cm³/mol. The molecule has 1 aromatic carbocycles. The van der Waals surface area contributed by atoms with E-state index in [1.165, 1.54) is 0 Å². The summed E-state index contributed by atoms with van der Waals surface area (Å²) in [5.74, 6) is 0.746. The molecule has 0 bridgehead atoms. The van der Waals surface area contributed by atoms with Crippen molar-refractivity contribution in [3.63, 3.8) is 0 Å². The van der Waals surface area contributed by atoms with Crippen molar-refractivity contribution < 1.29 is 4.74 Å². The van der Waals surface area contributed by atoms with Gasteiger partial charge in [0.2, 0.25) is 0 Å². The van der Waals surface area contributed by atoms with Crippen LogP contribution in [0.1, 0.15) is 0 Å². The van der Waals surface area contributed by atoms with E-state index in [1.54, 1.807) is 25.3 Å². The third kappa shape index (κ3) is 1.61. The van der Waals surface area contributed by atoms with Crippen LogP contribution in [0, 0.1) is 3.70 Å². The summed E-state index contributed by atoms with van der Waals surface area (Å²) in [5.41, 5.74) is 0.840.